The van der Waals surface area contributed by atoms with E-state index >= 15 is 0 Å². The average molecular weight is 330 g/mol. The van der Waals surface area contributed by atoms with Gasteiger partial charge in [0.1, 0.15) is 0 Å². The number of rotatable bonds is 3. The maximum absolute atomic E-state index is 12.2. The van der Waals surface area contributed by atoms with Gasteiger partial charge in [-0.05, 0) is 46.8 Å². The summed E-state index contributed by atoms with van der Waals surface area (Å²) >= 11 is 0. The van der Waals surface area contributed by atoms with E-state index < -0.39 is 18.3 Å². The summed E-state index contributed by atoms with van der Waals surface area (Å²) in [6.45, 7) is 10.1. The minimum atomic E-state index is -0.567. The van der Waals surface area contributed by atoms with E-state index in [1.165, 1.54) is 0 Å². The number of carbonyl (C=O) groups is 1. The quantitative estimate of drug-likeness (QED) is 0.637. The lowest BCUT2D eigenvalue weighted by molar-refractivity contribution is 0.00578. The van der Waals surface area contributed by atoms with Crippen LogP contribution in [0.1, 0.15) is 45.0 Å². The molecule has 1 saturated heterocycles. The van der Waals surface area contributed by atoms with Crippen LogP contribution >= 0.6 is 0 Å². The van der Waals surface area contributed by atoms with Crippen LogP contribution in [0.5, 0.6) is 0 Å². The third-order valence-electron chi connectivity index (χ3n) is 4.86. The lowest BCUT2D eigenvalue weighted by atomic mass is 9.77. The number of carbonyl (C=O) groups excluding carboxylic acids is 1. The Labute approximate surface area is 142 Å². The SMILES string of the molecule is CCOC(=O)c1cc(B2OC(C)(C)C(C)(C)O2)c2c(c1)ncn2C. The van der Waals surface area contributed by atoms with E-state index in [-0.39, 0.29) is 5.97 Å². The van der Waals surface area contributed by atoms with Crippen LogP contribution in [0.2, 0.25) is 0 Å². The Bertz CT molecular complexity index is 781. The van der Waals surface area contributed by atoms with Crippen molar-refractivity contribution in [2.45, 2.75) is 45.8 Å². The first-order valence-electron chi connectivity index (χ1n) is 8.14. The molecule has 0 unspecified atom stereocenters. The highest BCUT2D eigenvalue weighted by atomic mass is 16.7. The number of fused-ring (bicyclic) bond motifs is 1. The zero-order valence-corrected chi connectivity index (χ0v) is 15.0. The standard InChI is InChI=1S/C17H23BN2O4/c1-7-22-15(21)11-8-12(14-13(9-11)19-10-20(14)6)18-23-16(2,3)17(4,5)24-18/h8-10H,7H2,1-6H3. The summed E-state index contributed by atoms with van der Waals surface area (Å²) in [7, 11) is 1.34. The minimum Gasteiger partial charge on any atom is -0.462 e. The van der Waals surface area contributed by atoms with Crippen molar-refractivity contribution in [3.8, 4) is 0 Å². The maximum Gasteiger partial charge on any atom is 0.497 e. The van der Waals surface area contributed by atoms with E-state index in [0.29, 0.717) is 17.7 Å². The second-order valence-corrected chi connectivity index (χ2v) is 7.10. The molecule has 128 valence electrons. The van der Waals surface area contributed by atoms with E-state index in [9.17, 15) is 4.79 Å². The fourth-order valence-electron chi connectivity index (χ4n) is 2.81. The number of imidazole rings is 1. The average Bonchev–Trinajstić information content (AvgIpc) is 2.96. The summed E-state index contributed by atoms with van der Waals surface area (Å²) in [5.74, 6) is -0.372. The zero-order valence-electron chi connectivity index (χ0n) is 15.0. The van der Waals surface area contributed by atoms with Gasteiger partial charge >= 0.3 is 13.1 Å². The van der Waals surface area contributed by atoms with Gasteiger partial charge in [-0.2, -0.15) is 0 Å². The van der Waals surface area contributed by atoms with Gasteiger partial charge in [0.05, 0.1) is 40.7 Å². The zero-order chi connectivity index (χ0) is 17.7. The summed E-state index contributed by atoms with van der Waals surface area (Å²) < 4.78 is 19.4. The molecule has 1 aliphatic heterocycles. The number of hydrogen-bond donors (Lipinski definition) is 0. The number of benzene rings is 1. The Hall–Kier alpha value is -1.86. The van der Waals surface area contributed by atoms with Crippen molar-refractivity contribution in [1.29, 1.82) is 0 Å². The largest absolute Gasteiger partial charge is 0.497 e. The topological polar surface area (TPSA) is 62.6 Å². The number of aromatic nitrogens is 2. The van der Waals surface area contributed by atoms with Gasteiger partial charge in [0.25, 0.3) is 0 Å². The molecule has 0 N–H and O–H groups in total. The molecule has 0 radical (unpaired) electrons. The molecule has 0 saturated carbocycles. The van der Waals surface area contributed by atoms with Gasteiger partial charge < -0.3 is 18.6 Å². The predicted molar refractivity (Wildman–Crippen MR) is 92.4 cm³/mol. The fourth-order valence-corrected chi connectivity index (χ4v) is 2.81. The molecule has 2 aromatic rings. The molecular formula is C17H23BN2O4. The van der Waals surface area contributed by atoms with E-state index in [1.807, 2.05) is 39.3 Å². The molecule has 3 rings (SSSR count). The van der Waals surface area contributed by atoms with Crippen molar-refractivity contribution in [3.63, 3.8) is 0 Å². The minimum absolute atomic E-state index is 0.324. The lowest BCUT2D eigenvalue weighted by Gasteiger charge is -2.32. The first kappa shape index (κ1) is 17.0. The molecule has 2 heterocycles. The van der Waals surface area contributed by atoms with Crippen molar-refractivity contribution in [3.05, 3.63) is 24.0 Å². The number of ether oxygens (including phenoxy) is 1. The molecule has 0 spiro atoms. The van der Waals surface area contributed by atoms with Crippen LogP contribution in [0.4, 0.5) is 0 Å². The summed E-state index contributed by atoms with van der Waals surface area (Å²) in [5.41, 5.74) is 1.93. The van der Waals surface area contributed by atoms with E-state index in [1.54, 1.807) is 25.4 Å². The highest BCUT2D eigenvalue weighted by Gasteiger charge is 2.52. The lowest BCUT2D eigenvalue weighted by Crippen LogP contribution is -2.41. The van der Waals surface area contributed by atoms with E-state index in [2.05, 4.69) is 4.98 Å². The fraction of sp³-hybridized carbons (Fsp3) is 0.529. The van der Waals surface area contributed by atoms with Crippen molar-refractivity contribution < 1.29 is 18.8 Å². The van der Waals surface area contributed by atoms with E-state index in [0.717, 1.165) is 11.0 Å². The van der Waals surface area contributed by atoms with Crippen molar-refractivity contribution in [1.82, 2.24) is 9.55 Å². The van der Waals surface area contributed by atoms with Crippen LogP contribution in [0.3, 0.4) is 0 Å². The summed E-state index contributed by atoms with van der Waals surface area (Å²) in [4.78, 5) is 16.5. The van der Waals surface area contributed by atoms with Gasteiger partial charge in [-0.25, -0.2) is 9.78 Å². The summed E-state index contributed by atoms with van der Waals surface area (Å²) in [6.07, 6.45) is 1.72. The highest BCUT2D eigenvalue weighted by molar-refractivity contribution is 6.65. The van der Waals surface area contributed by atoms with Crippen LogP contribution in [0, 0.1) is 0 Å². The van der Waals surface area contributed by atoms with Crippen LogP contribution in [0.15, 0.2) is 18.5 Å². The van der Waals surface area contributed by atoms with Gasteiger partial charge in [-0.3, -0.25) is 0 Å². The predicted octanol–water partition coefficient (Wildman–Crippen LogP) is 2.05. The number of esters is 1. The monoisotopic (exact) mass is 330 g/mol. The van der Waals surface area contributed by atoms with Gasteiger partial charge in [-0.15, -0.1) is 0 Å². The van der Waals surface area contributed by atoms with Gasteiger partial charge in [-0.1, -0.05) is 0 Å². The van der Waals surface area contributed by atoms with E-state index in [4.69, 9.17) is 14.0 Å². The Morgan fingerprint density at radius 2 is 1.88 bits per heavy atom. The van der Waals surface area contributed by atoms with Crippen molar-refractivity contribution in [2.24, 2.45) is 7.05 Å². The van der Waals surface area contributed by atoms with Crippen LogP contribution in [0.25, 0.3) is 11.0 Å². The number of aryl methyl sites for hydroxylation is 1. The highest BCUT2D eigenvalue weighted by Crippen LogP contribution is 2.37. The van der Waals surface area contributed by atoms with Crippen LogP contribution in [-0.2, 0) is 21.1 Å². The molecule has 24 heavy (non-hydrogen) atoms. The summed E-state index contributed by atoms with van der Waals surface area (Å²) in [5, 5.41) is 0. The second-order valence-electron chi connectivity index (χ2n) is 7.10. The smallest absolute Gasteiger partial charge is 0.462 e. The Morgan fingerprint density at radius 3 is 2.46 bits per heavy atom. The molecule has 1 fully saturated rings. The Kier molecular flexibility index (Phi) is 3.96. The van der Waals surface area contributed by atoms with Crippen molar-refractivity contribution in [2.75, 3.05) is 6.61 Å². The van der Waals surface area contributed by atoms with Gasteiger partial charge in [0.2, 0.25) is 0 Å². The first-order valence-corrected chi connectivity index (χ1v) is 8.14. The molecule has 1 aliphatic rings. The third-order valence-corrected chi connectivity index (χ3v) is 4.86. The third kappa shape index (κ3) is 2.61. The molecular weight excluding hydrogens is 307 g/mol. The molecule has 6 nitrogen and oxygen atoms in total. The van der Waals surface area contributed by atoms with Gasteiger partial charge in [0, 0.05) is 12.5 Å². The molecule has 0 aliphatic carbocycles. The molecule has 0 amide bonds. The maximum atomic E-state index is 12.2. The molecule has 0 bridgehead atoms. The van der Waals surface area contributed by atoms with Crippen molar-refractivity contribution >= 4 is 29.6 Å². The van der Waals surface area contributed by atoms with Crippen LogP contribution < -0.4 is 5.46 Å². The number of nitrogens with zero attached hydrogens (tertiary/aromatic N) is 2. The Morgan fingerprint density at radius 1 is 1.25 bits per heavy atom. The first-order chi connectivity index (χ1) is 11.2. The second kappa shape index (κ2) is 5.60. The van der Waals surface area contributed by atoms with Crippen LogP contribution in [-0.4, -0.2) is 40.4 Å². The Balaban J connectivity index is 2.13. The number of hydrogen-bond acceptors (Lipinski definition) is 5. The summed E-state index contributed by atoms with van der Waals surface area (Å²) in [6, 6.07) is 3.52. The molecule has 1 aromatic carbocycles. The molecule has 0 atom stereocenters. The van der Waals surface area contributed by atoms with Gasteiger partial charge in [0.15, 0.2) is 0 Å². The molecule has 7 heteroatoms. The normalized spacial score (nSPS) is 19.0. The molecule has 1 aromatic heterocycles.